The third-order valence-corrected chi connectivity index (χ3v) is 2.79. The van der Waals surface area contributed by atoms with E-state index in [1.54, 1.807) is 30.3 Å². The van der Waals surface area contributed by atoms with Crippen molar-refractivity contribution >= 4 is 28.9 Å². The number of benzene rings is 2. The Morgan fingerprint density at radius 1 is 1.21 bits per heavy atom. The Bertz CT molecular complexity index is 659. The highest BCUT2D eigenvalue weighted by Crippen LogP contribution is 2.17. The van der Waals surface area contributed by atoms with Gasteiger partial charge < -0.3 is 11.1 Å². The average Bonchev–Trinajstić information content (AvgIpc) is 2.41. The summed E-state index contributed by atoms with van der Waals surface area (Å²) in [5, 5.41) is 12.1. The maximum absolute atomic E-state index is 12.0. The van der Waals surface area contributed by atoms with Crippen molar-refractivity contribution in [2.24, 2.45) is 0 Å². The second-order valence-corrected chi connectivity index (χ2v) is 4.31. The molecule has 0 aliphatic carbocycles. The molecule has 0 spiro atoms. The number of carbonyl (C=O) groups excluding carboxylic acids is 1. The van der Waals surface area contributed by atoms with Crippen LogP contribution in [0.15, 0.2) is 42.5 Å². The Labute approximate surface area is 115 Å². The van der Waals surface area contributed by atoms with E-state index in [-0.39, 0.29) is 11.6 Å². The van der Waals surface area contributed by atoms with Crippen molar-refractivity contribution < 1.29 is 4.79 Å². The van der Waals surface area contributed by atoms with Gasteiger partial charge >= 0.3 is 0 Å². The second kappa shape index (κ2) is 5.42. The summed E-state index contributed by atoms with van der Waals surface area (Å²) in [6.07, 6.45) is 0. The third kappa shape index (κ3) is 3.03. The van der Waals surface area contributed by atoms with E-state index in [4.69, 9.17) is 22.6 Å². The quantitative estimate of drug-likeness (QED) is 0.824. The summed E-state index contributed by atoms with van der Waals surface area (Å²) in [7, 11) is 0. The normalized spacial score (nSPS) is 9.68. The minimum Gasteiger partial charge on any atom is -0.398 e. The largest absolute Gasteiger partial charge is 0.398 e. The molecule has 0 unspecified atom stereocenters. The maximum atomic E-state index is 12.0. The lowest BCUT2D eigenvalue weighted by molar-refractivity contribution is 0.102. The minimum atomic E-state index is -0.293. The fourth-order valence-corrected chi connectivity index (χ4v) is 1.67. The molecule has 1 amide bonds. The van der Waals surface area contributed by atoms with Gasteiger partial charge in [-0.05, 0) is 42.5 Å². The molecule has 0 fully saturated rings. The standard InChI is InChI=1S/C14H10ClN3O/c15-11-3-5-12(6-4-11)18-14(19)9-1-2-10(8-16)13(17)7-9/h1-7H,17H2,(H,18,19). The van der Waals surface area contributed by atoms with Crippen LogP contribution < -0.4 is 11.1 Å². The van der Waals surface area contributed by atoms with Crippen LogP contribution in [0.2, 0.25) is 5.02 Å². The molecule has 0 bridgehead atoms. The van der Waals surface area contributed by atoms with Gasteiger partial charge in [0.15, 0.2) is 0 Å². The molecule has 3 N–H and O–H groups in total. The van der Waals surface area contributed by atoms with Crippen LogP contribution in [0.1, 0.15) is 15.9 Å². The van der Waals surface area contributed by atoms with Crippen molar-refractivity contribution in [3.63, 3.8) is 0 Å². The van der Waals surface area contributed by atoms with Gasteiger partial charge in [-0.1, -0.05) is 11.6 Å². The molecule has 0 heterocycles. The second-order valence-electron chi connectivity index (χ2n) is 3.87. The Morgan fingerprint density at radius 3 is 2.47 bits per heavy atom. The lowest BCUT2D eigenvalue weighted by Crippen LogP contribution is -2.12. The molecule has 2 aromatic carbocycles. The lowest BCUT2D eigenvalue weighted by Gasteiger charge is -2.06. The molecular formula is C14H10ClN3O. The van der Waals surface area contributed by atoms with Crippen LogP contribution in [0.3, 0.4) is 0 Å². The smallest absolute Gasteiger partial charge is 0.255 e. The highest BCUT2D eigenvalue weighted by Gasteiger charge is 2.08. The molecule has 2 rings (SSSR count). The fourth-order valence-electron chi connectivity index (χ4n) is 1.54. The maximum Gasteiger partial charge on any atom is 0.255 e. The molecule has 0 saturated carbocycles. The Balaban J connectivity index is 2.18. The van der Waals surface area contributed by atoms with Gasteiger partial charge in [0.05, 0.1) is 11.3 Å². The first kappa shape index (κ1) is 12.9. The number of nitrogen functional groups attached to an aromatic ring is 1. The van der Waals surface area contributed by atoms with E-state index < -0.39 is 0 Å². The van der Waals surface area contributed by atoms with Crippen LogP contribution in [-0.4, -0.2) is 5.91 Å². The summed E-state index contributed by atoms with van der Waals surface area (Å²) in [6, 6.07) is 13.3. The van der Waals surface area contributed by atoms with E-state index in [0.717, 1.165) is 0 Å². The summed E-state index contributed by atoms with van der Waals surface area (Å²) < 4.78 is 0. The molecule has 0 aromatic heterocycles. The van der Waals surface area contributed by atoms with E-state index in [0.29, 0.717) is 21.8 Å². The first-order valence-electron chi connectivity index (χ1n) is 5.46. The fraction of sp³-hybridized carbons (Fsp3) is 0. The molecule has 0 aliphatic rings. The van der Waals surface area contributed by atoms with Crippen molar-refractivity contribution in [2.75, 3.05) is 11.1 Å². The highest BCUT2D eigenvalue weighted by molar-refractivity contribution is 6.30. The van der Waals surface area contributed by atoms with Gasteiger partial charge in [-0.2, -0.15) is 5.26 Å². The van der Waals surface area contributed by atoms with Gasteiger partial charge in [0, 0.05) is 16.3 Å². The molecule has 94 valence electrons. The molecule has 4 nitrogen and oxygen atoms in total. The average molecular weight is 272 g/mol. The van der Waals surface area contributed by atoms with Crippen LogP contribution >= 0.6 is 11.6 Å². The molecule has 0 saturated heterocycles. The van der Waals surface area contributed by atoms with Gasteiger partial charge in [0.25, 0.3) is 5.91 Å². The first-order chi connectivity index (χ1) is 9.10. The number of hydrogen-bond acceptors (Lipinski definition) is 3. The Kier molecular flexibility index (Phi) is 3.69. The van der Waals surface area contributed by atoms with E-state index >= 15 is 0 Å². The predicted molar refractivity (Wildman–Crippen MR) is 75.0 cm³/mol. The molecule has 5 heteroatoms. The number of carbonyl (C=O) groups is 1. The Morgan fingerprint density at radius 2 is 1.89 bits per heavy atom. The number of nitrogens with zero attached hydrogens (tertiary/aromatic N) is 1. The van der Waals surface area contributed by atoms with E-state index in [1.165, 1.54) is 12.1 Å². The monoisotopic (exact) mass is 271 g/mol. The van der Waals surface area contributed by atoms with Gasteiger partial charge in [0.2, 0.25) is 0 Å². The lowest BCUT2D eigenvalue weighted by atomic mass is 10.1. The van der Waals surface area contributed by atoms with Crippen LogP contribution in [0.5, 0.6) is 0 Å². The number of nitriles is 1. The summed E-state index contributed by atoms with van der Waals surface area (Å²) >= 11 is 5.76. The van der Waals surface area contributed by atoms with Crippen LogP contribution in [0.4, 0.5) is 11.4 Å². The zero-order valence-electron chi connectivity index (χ0n) is 9.85. The number of anilines is 2. The molecule has 2 aromatic rings. The minimum absolute atomic E-state index is 0.284. The van der Waals surface area contributed by atoms with E-state index in [2.05, 4.69) is 5.32 Å². The summed E-state index contributed by atoms with van der Waals surface area (Å²) in [6.45, 7) is 0. The SMILES string of the molecule is N#Cc1ccc(C(=O)Nc2ccc(Cl)cc2)cc1N. The number of hydrogen-bond donors (Lipinski definition) is 2. The summed E-state index contributed by atoms with van der Waals surface area (Å²) in [5.41, 5.74) is 7.33. The van der Waals surface area contributed by atoms with Crippen molar-refractivity contribution in [3.05, 3.63) is 58.6 Å². The molecular weight excluding hydrogens is 262 g/mol. The number of amides is 1. The van der Waals surface area contributed by atoms with Crippen molar-refractivity contribution in [3.8, 4) is 6.07 Å². The number of rotatable bonds is 2. The number of nitrogens with two attached hydrogens (primary N) is 1. The van der Waals surface area contributed by atoms with Crippen molar-refractivity contribution in [2.45, 2.75) is 0 Å². The predicted octanol–water partition coefficient (Wildman–Crippen LogP) is 3.05. The summed E-state index contributed by atoms with van der Waals surface area (Å²) in [4.78, 5) is 12.0. The van der Waals surface area contributed by atoms with Crippen molar-refractivity contribution in [1.82, 2.24) is 0 Å². The zero-order valence-corrected chi connectivity index (χ0v) is 10.6. The Hall–Kier alpha value is -2.51. The molecule has 0 atom stereocenters. The first-order valence-corrected chi connectivity index (χ1v) is 5.84. The van der Waals surface area contributed by atoms with E-state index in [9.17, 15) is 4.79 Å². The molecule has 0 aliphatic heterocycles. The van der Waals surface area contributed by atoms with Crippen molar-refractivity contribution in [1.29, 1.82) is 5.26 Å². The van der Waals surface area contributed by atoms with E-state index in [1.807, 2.05) is 6.07 Å². The van der Waals surface area contributed by atoms with Gasteiger partial charge in [-0.25, -0.2) is 0 Å². The zero-order chi connectivity index (χ0) is 13.8. The van der Waals surface area contributed by atoms with Crippen LogP contribution in [0, 0.1) is 11.3 Å². The van der Waals surface area contributed by atoms with Gasteiger partial charge in [-0.3, -0.25) is 4.79 Å². The summed E-state index contributed by atoms with van der Waals surface area (Å²) in [5.74, 6) is -0.293. The molecule has 19 heavy (non-hydrogen) atoms. The third-order valence-electron chi connectivity index (χ3n) is 2.54. The number of nitrogens with one attached hydrogen (secondary N) is 1. The molecule has 0 radical (unpaired) electrons. The van der Waals surface area contributed by atoms with Crippen LogP contribution in [-0.2, 0) is 0 Å². The number of halogens is 1. The van der Waals surface area contributed by atoms with Crippen LogP contribution in [0.25, 0.3) is 0 Å². The van der Waals surface area contributed by atoms with Gasteiger partial charge in [-0.15, -0.1) is 0 Å². The van der Waals surface area contributed by atoms with Gasteiger partial charge in [0.1, 0.15) is 6.07 Å². The topological polar surface area (TPSA) is 78.9 Å². The highest BCUT2D eigenvalue weighted by atomic mass is 35.5.